The number of Topliss-reactive ketones (excluding diaryl/α,β-unsaturated/α-hetero) is 1. The highest BCUT2D eigenvalue weighted by Crippen LogP contribution is 2.44. The van der Waals surface area contributed by atoms with Crippen LogP contribution >= 0.6 is 0 Å². The van der Waals surface area contributed by atoms with Crippen molar-refractivity contribution in [1.29, 1.82) is 0 Å². The number of hydrogen-bond acceptors (Lipinski definition) is 7. The number of carbonyl (C=O) groups is 1. The second-order valence-electron chi connectivity index (χ2n) is 7.24. The number of rotatable bonds is 8. The van der Waals surface area contributed by atoms with Crippen molar-refractivity contribution in [3.8, 4) is 5.75 Å². The van der Waals surface area contributed by atoms with Gasteiger partial charge in [-0.05, 0) is 25.7 Å². The number of hydrogen-bond donors (Lipinski definition) is 1. The molecule has 28 heavy (non-hydrogen) atoms. The standard InChI is InChI=1S/C18H20F3N3O4/c1-10-23-16(24-28-10)17(2,8-25)6-14(26)13-5-15(27-9-18(19,20)21)12(7-22-13)11-3-4-11/h5,7,11,25H,3-4,6,8-9H2,1-2H3. The van der Waals surface area contributed by atoms with Gasteiger partial charge in [-0.15, -0.1) is 0 Å². The molecule has 0 radical (unpaired) electrons. The lowest BCUT2D eigenvalue weighted by molar-refractivity contribution is -0.153. The Balaban J connectivity index is 1.82. The van der Waals surface area contributed by atoms with Crippen molar-refractivity contribution < 1.29 is 32.3 Å². The number of nitrogens with zero attached hydrogens (tertiary/aromatic N) is 3. The van der Waals surface area contributed by atoms with Crippen molar-refractivity contribution in [2.75, 3.05) is 13.2 Å². The van der Waals surface area contributed by atoms with Gasteiger partial charge in [-0.25, -0.2) is 0 Å². The molecule has 1 unspecified atom stereocenters. The van der Waals surface area contributed by atoms with Crippen LogP contribution in [0.15, 0.2) is 16.8 Å². The first-order valence-corrected chi connectivity index (χ1v) is 8.75. The molecule has 0 amide bonds. The highest BCUT2D eigenvalue weighted by molar-refractivity contribution is 5.95. The molecule has 1 N–H and O–H groups in total. The summed E-state index contributed by atoms with van der Waals surface area (Å²) in [6, 6.07) is 1.24. The Morgan fingerprint density at radius 2 is 2.11 bits per heavy atom. The van der Waals surface area contributed by atoms with Crippen molar-refractivity contribution in [2.45, 2.75) is 50.6 Å². The molecule has 10 heteroatoms. The first-order chi connectivity index (χ1) is 13.1. The lowest BCUT2D eigenvalue weighted by Gasteiger charge is -2.22. The van der Waals surface area contributed by atoms with Gasteiger partial charge >= 0.3 is 6.18 Å². The summed E-state index contributed by atoms with van der Waals surface area (Å²) in [5.41, 5.74) is -0.584. The van der Waals surface area contributed by atoms with Crippen LogP contribution in [0.4, 0.5) is 13.2 Å². The number of aliphatic hydroxyl groups excluding tert-OH is 1. The average molecular weight is 399 g/mol. The second-order valence-corrected chi connectivity index (χ2v) is 7.24. The third-order valence-corrected chi connectivity index (χ3v) is 4.56. The van der Waals surface area contributed by atoms with Gasteiger partial charge in [-0.1, -0.05) is 5.16 Å². The molecule has 1 atom stereocenters. The summed E-state index contributed by atoms with van der Waals surface area (Å²) in [5.74, 6) is 0.100. The topological polar surface area (TPSA) is 98.3 Å². The number of alkyl halides is 3. The zero-order valence-corrected chi connectivity index (χ0v) is 15.4. The zero-order chi connectivity index (χ0) is 20.5. The number of ether oxygens (including phenoxy) is 1. The smallest absolute Gasteiger partial charge is 0.422 e. The van der Waals surface area contributed by atoms with E-state index in [0.717, 1.165) is 12.8 Å². The molecule has 1 saturated carbocycles. The molecule has 0 saturated heterocycles. The molecule has 0 spiro atoms. The van der Waals surface area contributed by atoms with Crippen molar-refractivity contribution >= 4 is 5.78 Å². The van der Waals surface area contributed by atoms with Crippen LogP contribution in [-0.2, 0) is 5.41 Å². The largest absolute Gasteiger partial charge is 0.484 e. The van der Waals surface area contributed by atoms with Gasteiger partial charge in [-0.2, -0.15) is 18.2 Å². The van der Waals surface area contributed by atoms with Crippen molar-refractivity contribution in [2.24, 2.45) is 0 Å². The maximum absolute atomic E-state index is 12.7. The molecule has 1 fully saturated rings. The fourth-order valence-electron chi connectivity index (χ4n) is 2.78. The normalized spacial score (nSPS) is 16.6. The van der Waals surface area contributed by atoms with E-state index < -0.39 is 30.6 Å². The van der Waals surface area contributed by atoms with Crippen LogP contribution in [0.2, 0.25) is 0 Å². The quantitative estimate of drug-likeness (QED) is 0.681. The molecular weight excluding hydrogens is 379 g/mol. The third-order valence-electron chi connectivity index (χ3n) is 4.56. The molecule has 2 aromatic rings. The van der Waals surface area contributed by atoms with Crippen LogP contribution in [0.1, 0.15) is 59.9 Å². The Morgan fingerprint density at radius 3 is 2.64 bits per heavy atom. The highest BCUT2D eigenvalue weighted by atomic mass is 19.4. The van der Waals surface area contributed by atoms with Gasteiger partial charge in [-0.3, -0.25) is 9.78 Å². The first kappa shape index (κ1) is 20.2. The van der Waals surface area contributed by atoms with Crippen LogP contribution in [0.5, 0.6) is 5.75 Å². The number of pyridine rings is 1. The van der Waals surface area contributed by atoms with E-state index in [0.29, 0.717) is 5.56 Å². The minimum absolute atomic E-state index is 0.0132. The van der Waals surface area contributed by atoms with E-state index in [4.69, 9.17) is 9.26 Å². The molecule has 1 aliphatic carbocycles. The van der Waals surface area contributed by atoms with Crippen molar-refractivity contribution in [3.05, 3.63) is 35.2 Å². The summed E-state index contributed by atoms with van der Waals surface area (Å²) in [5, 5.41) is 13.5. The van der Waals surface area contributed by atoms with Gasteiger partial charge in [0.1, 0.15) is 11.4 Å². The molecular formula is C18H20F3N3O4. The molecule has 7 nitrogen and oxygen atoms in total. The minimum atomic E-state index is -4.49. The molecule has 0 aliphatic heterocycles. The van der Waals surface area contributed by atoms with Crippen LogP contribution in [0.3, 0.4) is 0 Å². The number of ketones is 1. The number of carbonyl (C=O) groups excluding carboxylic acids is 1. The predicted octanol–water partition coefficient (Wildman–Crippen LogP) is 3.11. The second kappa shape index (κ2) is 7.50. The van der Waals surface area contributed by atoms with Crippen molar-refractivity contribution in [3.63, 3.8) is 0 Å². The molecule has 3 rings (SSSR count). The predicted molar refractivity (Wildman–Crippen MR) is 90.2 cm³/mol. The van der Waals surface area contributed by atoms with Gasteiger partial charge in [0.25, 0.3) is 0 Å². The SMILES string of the molecule is Cc1nc(C(C)(CO)CC(=O)c2cc(OCC(F)(F)F)c(C3CC3)cn2)no1. The Morgan fingerprint density at radius 1 is 1.39 bits per heavy atom. The van der Waals surface area contributed by atoms with E-state index in [1.807, 2.05) is 0 Å². The fraction of sp³-hybridized carbons (Fsp3) is 0.556. The van der Waals surface area contributed by atoms with Crippen LogP contribution in [0.25, 0.3) is 0 Å². The van der Waals surface area contributed by atoms with Crippen LogP contribution in [0, 0.1) is 6.92 Å². The number of aliphatic hydroxyl groups is 1. The van der Waals surface area contributed by atoms with E-state index >= 15 is 0 Å². The molecule has 1 aliphatic rings. The average Bonchev–Trinajstić information content (AvgIpc) is 3.39. The number of aromatic nitrogens is 3. The summed E-state index contributed by atoms with van der Waals surface area (Å²) < 4.78 is 47.5. The summed E-state index contributed by atoms with van der Waals surface area (Å²) in [6.07, 6.45) is -1.60. The molecule has 152 valence electrons. The summed E-state index contributed by atoms with van der Waals surface area (Å²) in [7, 11) is 0. The monoisotopic (exact) mass is 399 g/mol. The summed E-state index contributed by atoms with van der Waals surface area (Å²) in [4.78, 5) is 20.9. The summed E-state index contributed by atoms with van der Waals surface area (Å²) in [6.45, 7) is 1.31. The number of halogens is 3. The Hall–Kier alpha value is -2.49. The fourth-order valence-corrected chi connectivity index (χ4v) is 2.78. The third kappa shape index (κ3) is 4.67. The lowest BCUT2D eigenvalue weighted by Crippen LogP contribution is -2.31. The Kier molecular flexibility index (Phi) is 5.42. The van der Waals surface area contributed by atoms with E-state index in [9.17, 15) is 23.1 Å². The maximum Gasteiger partial charge on any atom is 0.422 e. The molecule has 2 heterocycles. The van der Waals surface area contributed by atoms with Crippen LogP contribution < -0.4 is 4.74 Å². The van der Waals surface area contributed by atoms with Gasteiger partial charge in [0.2, 0.25) is 5.89 Å². The molecule has 2 aromatic heterocycles. The Labute approximate surface area is 158 Å². The van der Waals surface area contributed by atoms with E-state index in [1.165, 1.54) is 12.3 Å². The van der Waals surface area contributed by atoms with E-state index in [1.54, 1.807) is 13.8 Å². The first-order valence-electron chi connectivity index (χ1n) is 8.75. The molecule has 0 aromatic carbocycles. The Bertz CT molecular complexity index is 864. The van der Waals surface area contributed by atoms with Gasteiger partial charge in [0, 0.05) is 31.2 Å². The minimum Gasteiger partial charge on any atom is -0.484 e. The highest BCUT2D eigenvalue weighted by Gasteiger charge is 2.36. The molecule has 0 bridgehead atoms. The van der Waals surface area contributed by atoms with E-state index in [-0.39, 0.29) is 35.5 Å². The van der Waals surface area contributed by atoms with E-state index in [2.05, 4.69) is 15.1 Å². The van der Waals surface area contributed by atoms with Crippen molar-refractivity contribution in [1.82, 2.24) is 15.1 Å². The van der Waals surface area contributed by atoms with Gasteiger partial charge in [0.05, 0.1) is 12.0 Å². The lowest BCUT2D eigenvalue weighted by atomic mass is 9.84. The van der Waals surface area contributed by atoms with Gasteiger partial charge < -0.3 is 14.4 Å². The van der Waals surface area contributed by atoms with Crippen LogP contribution in [-0.4, -0.2) is 45.4 Å². The summed E-state index contributed by atoms with van der Waals surface area (Å²) >= 11 is 0. The maximum atomic E-state index is 12.7. The van der Waals surface area contributed by atoms with Gasteiger partial charge in [0.15, 0.2) is 18.2 Å². The number of aryl methyl sites for hydroxylation is 1. The zero-order valence-electron chi connectivity index (χ0n) is 15.4.